The number of aromatic amines is 1. The molecule has 7 nitrogen and oxygen atoms in total. The summed E-state index contributed by atoms with van der Waals surface area (Å²) in [5.41, 5.74) is 0.636. The Morgan fingerprint density at radius 1 is 1.50 bits per heavy atom. The summed E-state index contributed by atoms with van der Waals surface area (Å²) >= 11 is 0. The summed E-state index contributed by atoms with van der Waals surface area (Å²) in [7, 11) is 0. The molecule has 1 aliphatic heterocycles. The van der Waals surface area contributed by atoms with E-state index in [0.717, 1.165) is 5.56 Å². The Kier molecular flexibility index (Phi) is 3.63. The first kappa shape index (κ1) is 12.6. The molecule has 7 heteroatoms. The van der Waals surface area contributed by atoms with E-state index in [9.17, 15) is 14.7 Å². The molecule has 0 bridgehead atoms. The highest BCUT2D eigenvalue weighted by molar-refractivity contribution is 5.56. The summed E-state index contributed by atoms with van der Waals surface area (Å²) in [5, 5.41) is 19.7. The minimum atomic E-state index is -1.38. The number of hydroxylamine groups is 2. The molecule has 0 aromatic carbocycles. The standard InChI is InChI=1S/C11H14N2O5/c14-9-6-13(18-11(16)17)4-3-8(9)7-1-2-10(15)12-5-7/h1-2,5,8-9,14H,3-4,6H2,(H,12,15)(H,16,17). The van der Waals surface area contributed by atoms with Crippen LogP contribution in [0.25, 0.3) is 0 Å². The lowest BCUT2D eigenvalue weighted by Crippen LogP contribution is -2.43. The molecule has 18 heavy (non-hydrogen) atoms. The second-order valence-electron chi connectivity index (χ2n) is 4.19. The van der Waals surface area contributed by atoms with Gasteiger partial charge in [-0.1, -0.05) is 6.07 Å². The zero-order valence-electron chi connectivity index (χ0n) is 9.57. The maximum Gasteiger partial charge on any atom is 0.525 e. The second kappa shape index (κ2) is 5.19. The van der Waals surface area contributed by atoms with Gasteiger partial charge in [0.1, 0.15) is 0 Å². The summed E-state index contributed by atoms with van der Waals surface area (Å²) in [5.74, 6) is -0.129. The quantitative estimate of drug-likeness (QED) is 0.693. The number of nitrogens with one attached hydrogen (secondary N) is 1. The first-order valence-corrected chi connectivity index (χ1v) is 5.59. The Hall–Kier alpha value is -1.86. The zero-order valence-corrected chi connectivity index (χ0v) is 9.57. The molecule has 0 spiro atoms. The van der Waals surface area contributed by atoms with E-state index < -0.39 is 12.3 Å². The van der Waals surface area contributed by atoms with Crippen molar-refractivity contribution in [2.75, 3.05) is 13.1 Å². The number of aliphatic hydroxyl groups excluding tert-OH is 1. The number of piperidine rings is 1. The zero-order chi connectivity index (χ0) is 13.1. The Balaban J connectivity index is 2.03. The van der Waals surface area contributed by atoms with Gasteiger partial charge in [-0.2, -0.15) is 0 Å². The number of hydrogen-bond acceptors (Lipinski definition) is 5. The van der Waals surface area contributed by atoms with Gasteiger partial charge in [0.05, 0.1) is 12.6 Å². The average Bonchev–Trinajstić information content (AvgIpc) is 2.30. The Bertz CT molecular complexity index is 466. The summed E-state index contributed by atoms with van der Waals surface area (Å²) in [4.78, 5) is 28.4. The fourth-order valence-electron chi connectivity index (χ4n) is 2.14. The van der Waals surface area contributed by atoms with Crippen molar-refractivity contribution in [1.82, 2.24) is 10.0 Å². The molecule has 1 fully saturated rings. The molecule has 3 N–H and O–H groups in total. The number of β-amino-alcohol motifs (C(OH)–C–C–N with tert-alkyl or cyclic N) is 1. The van der Waals surface area contributed by atoms with Crippen LogP contribution in [0, 0.1) is 0 Å². The van der Waals surface area contributed by atoms with Crippen molar-refractivity contribution < 1.29 is 19.8 Å². The number of H-pyrrole nitrogens is 1. The van der Waals surface area contributed by atoms with Crippen molar-refractivity contribution in [3.8, 4) is 0 Å². The van der Waals surface area contributed by atoms with Gasteiger partial charge in [0.25, 0.3) is 0 Å². The number of nitrogens with zero attached hydrogens (tertiary/aromatic N) is 1. The molecule has 2 rings (SSSR count). The average molecular weight is 254 g/mol. The largest absolute Gasteiger partial charge is 0.525 e. The molecule has 2 heterocycles. The Morgan fingerprint density at radius 2 is 2.28 bits per heavy atom. The van der Waals surface area contributed by atoms with E-state index in [1.165, 1.54) is 11.1 Å². The van der Waals surface area contributed by atoms with Gasteiger partial charge in [-0.05, 0) is 12.0 Å². The summed E-state index contributed by atoms with van der Waals surface area (Å²) in [6, 6.07) is 3.07. The number of pyridine rings is 1. The lowest BCUT2D eigenvalue weighted by Gasteiger charge is -2.33. The van der Waals surface area contributed by atoms with Crippen LogP contribution in [0.1, 0.15) is 17.9 Å². The van der Waals surface area contributed by atoms with Crippen LogP contribution in [-0.4, -0.2) is 45.6 Å². The van der Waals surface area contributed by atoms with Crippen molar-refractivity contribution >= 4 is 6.16 Å². The van der Waals surface area contributed by atoms with E-state index in [2.05, 4.69) is 9.82 Å². The molecular formula is C11H14N2O5. The highest BCUT2D eigenvalue weighted by Crippen LogP contribution is 2.27. The summed E-state index contributed by atoms with van der Waals surface area (Å²) < 4.78 is 0. The van der Waals surface area contributed by atoms with Crippen molar-refractivity contribution in [3.05, 3.63) is 34.2 Å². The molecule has 0 saturated carbocycles. The fraction of sp³-hybridized carbons (Fsp3) is 0.455. The highest BCUT2D eigenvalue weighted by Gasteiger charge is 2.30. The SMILES string of the molecule is O=C(O)ON1CCC(c2ccc(=O)[nH]c2)C(O)C1. The van der Waals surface area contributed by atoms with E-state index >= 15 is 0 Å². The van der Waals surface area contributed by atoms with Gasteiger partial charge in [-0.15, -0.1) is 5.06 Å². The van der Waals surface area contributed by atoms with Crippen LogP contribution < -0.4 is 5.56 Å². The van der Waals surface area contributed by atoms with Crippen LogP contribution in [0.15, 0.2) is 23.1 Å². The molecule has 1 aromatic rings. The topological polar surface area (TPSA) is 103 Å². The van der Waals surface area contributed by atoms with Crippen LogP contribution in [0.5, 0.6) is 0 Å². The van der Waals surface area contributed by atoms with Crippen LogP contribution >= 0.6 is 0 Å². The Morgan fingerprint density at radius 3 is 2.83 bits per heavy atom. The lowest BCUT2D eigenvalue weighted by atomic mass is 9.89. The monoisotopic (exact) mass is 254 g/mol. The second-order valence-corrected chi connectivity index (χ2v) is 4.19. The number of hydrogen-bond donors (Lipinski definition) is 3. The predicted molar refractivity (Wildman–Crippen MR) is 61.1 cm³/mol. The first-order valence-electron chi connectivity index (χ1n) is 5.59. The van der Waals surface area contributed by atoms with Gasteiger partial charge in [-0.3, -0.25) is 4.79 Å². The molecule has 0 aliphatic carbocycles. The molecule has 1 aliphatic rings. The predicted octanol–water partition coefficient (Wildman–Crippen LogP) is 0.135. The maximum atomic E-state index is 10.9. The first-order chi connectivity index (χ1) is 8.56. The van der Waals surface area contributed by atoms with Crippen molar-refractivity contribution in [2.45, 2.75) is 18.4 Å². The molecule has 0 amide bonds. The van der Waals surface area contributed by atoms with Gasteiger partial charge in [0.15, 0.2) is 0 Å². The van der Waals surface area contributed by atoms with E-state index in [1.54, 1.807) is 12.3 Å². The van der Waals surface area contributed by atoms with Crippen LogP contribution in [0.4, 0.5) is 4.79 Å². The van der Waals surface area contributed by atoms with Crippen LogP contribution in [-0.2, 0) is 4.84 Å². The third-order valence-electron chi connectivity index (χ3n) is 2.99. The van der Waals surface area contributed by atoms with E-state index in [1.807, 2.05) is 0 Å². The fourth-order valence-corrected chi connectivity index (χ4v) is 2.14. The molecule has 1 saturated heterocycles. The number of aliphatic hydroxyl groups is 1. The minimum Gasteiger partial charge on any atom is -0.448 e. The third kappa shape index (κ3) is 2.88. The normalized spacial score (nSPS) is 24.7. The molecule has 2 atom stereocenters. The summed E-state index contributed by atoms with van der Waals surface area (Å²) in [6.45, 7) is 0.531. The number of carbonyl (C=O) groups is 1. The third-order valence-corrected chi connectivity index (χ3v) is 2.99. The van der Waals surface area contributed by atoms with Crippen molar-refractivity contribution in [3.63, 3.8) is 0 Å². The van der Waals surface area contributed by atoms with Gasteiger partial charge in [-0.25, -0.2) is 4.79 Å². The molecular weight excluding hydrogens is 240 g/mol. The Labute approximate surface area is 103 Å². The minimum absolute atomic E-state index is 0.121. The number of aromatic nitrogens is 1. The van der Waals surface area contributed by atoms with E-state index in [4.69, 9.17) is 5.11 Å². The van der Waals surface area contributed by atoms with Gasteiger partial charge < -0.3 is 20.0 Å². The molecule has 98 valence electrons. The van der Waals surface area contributed by atoms with Gasteiger partial charge in [0, 0.05) is 24.7 Å². The molecule has 2 unspecified atom stereocenters. The van der Waals surface area contributed by atoms with Gasteiger partial charge in [0.2, 0.25) is 5.56 Å². The van der Waals surface area contributed by atoms with E-state index in [0.29, 0.717) is 13.0 Å². The van der Waals surface area contributed by atoms with Crippen LogP contribution in [0.2, 0.25) is 0 Å². The van der Waals surface area contributed by atoms with Crippen molar-refractivity contribution in [1.29, 1.82) is 0 Å². The number of rotatable bonds is 2. The molecule has 1 aromatic heterocycles. The summed E-state index contributed by atoms with van der Waals surface area (Å²) in [6.07, 6.45) is 0.0124. The smallest absolute Gasteiger partial charge is 0.448 e. The lowest BCUT2D eigenvalue weighted by molar-refractivity contribution is -0.154. The van der Waals surface area contributed by atoms with Crippen molar-refractivity contribution in [2.24, 2.45) is 0 Å². The van der Waals surface area contributed by atoms with E-state index in [-0.39, 0.29) is 18.0 Å². The number of carboxylic acid groups (broad SMARTS) is 1. The van der Waals surface area contributed by atoms with Crippen LogP contribution in [0.3, 0.4) is 0 Å². The van der Waals surface area contributed by atoms with Gasteiger partial charge >= 0.3 is 6.16 Å². The maximum absolute atomic E-state index is 10.9. The highest BCUT2D eigenvalue weighted by atomic mass is 16.8. The molecule has 0 radical (unpaired) electrons.